The molecule has 3 rings (SSSR count). The third-order valence-electron chi connectivity index (χ3n) is 5.07. The number of carbonyl (C=O) groups excluding carboxylic acids is 2. The molecule has 0 unspecified atom stereocenters. The molecule has 0 atom stereocenters. The maximum atomic E-state index is 13.8. The Bertz CT molecular complexity index is 786. The van der Waals surface area contributed by atoms with Gasteiger partial charge < -0.3 is 4.90 Å². The van der Waals surface area contributed by atoms with E-state index >= 15 is 0 Å². The van der Waals surface area contributed by atoms with Gasteiger partial charge in [0.25, 0.3) is 0 Å². The van der Waals surface area contributed by atoms with Crippen LogP contribution in [-0.4, -0.2) is 42.3 Å². The topological polar surface area (TPSA) is 40.6 Å². The van der Waals surface area contributed by atoms with Crippen LogP contribution in [0.4, 0.5) is 10.1 Å². The van der Waals surface area contributed by atoms with Gasteiger partial charge in [0.05, 0.1) is 12.1 Å². The predicted molar refractivity (Wildman–Crippen MR) is 104 cm³/mol. The minimum Gasteiger partial charge on any atom is -0.309 e. The van der Waals surface area contributed by atoms with E-state index in [1.54, 1.807) is 12.1 Å². The highest BCUT2D eigenvalue weighted by Crippen LogP contribution is 2.24. The van der Waals surface area contributed by atoms with Crippen molar-refractivity contribution in [3.63, 3.8) is 0 Å². The van der Waals surface area contributed by atoms with E-state index in [1.807, 2.05) is 47.1 Å². The van der Waals surface area contributed by atoms with Gasteiger partial charge in [0.15, 0.2) is 5.78 Å². The molecule has 1 fully saturated rings. The molecule has 0 aliphatic carbocycles. The Balaban J connectivity index is 1.63. The van der Waals surface area contributed by atoms with Gasteiger partial charge in [0, 0.05) is 31.2 Å². The average Bonchev–Trinajstić information content (AvgIpc) is 2.70. The highest BCUT2D eigenvalue weighted by atomic mass is 19.1. The zero-order valence-corrected chi connectivity index (χ0v) is 15.6. The number of hydrogen-bond acceptors (Lipinski definition) is 3. The van der Waals surface area contributed by atoms with E-state index in [2.05, 4.69) is 0 Å². The zero-order valence-electron chi connectivity index (χ0n) is 15.6. The van der Waals surface area contributed by atoms with Gasteiger partial charge in [-0.15, -0.1) is 0 Å². The van der Waals surface area contributed by atoms with E-state index in [9.17, 15) is 14.0 Å². The van der Waals surface area contributed by atoms with E-state index in [0.717, 1.165) is 18.5 Å². The number of nitrogens with zero attached hydrogens (tertiary/aromatic N) is 2. The van der Waals surface area contributed by atoms with Gasteiger partial charge in [0.2, 0.25) is 5.91 Å². The fourth-order valence-corrected chi connectivity index (χ4v) is 3.63. The van der Waals surface area contributed by atoms with Gasteiger partial charge >= 0.3 is 0 Å². The monoisotopic (exact) mass is 368 g/mol. The van der Waals surface area contributed by atoms with E-state index in [0.29, 0.717) is 19.5 Å². The summed E-state index contributed by atoms with van der Waals surface area (Å²) in [6.07, 6.45) is 2.05. The van der Waals surface area contributed by atoms with Crippen molar-refractivity contribution in [1.82, 2.24) is 4.90 Å². The summed E-state index contributed by atoms with van der Waals surface area (Å²) in [6.45, 7) is 3.51. The second kappa shape index (κ2) is 8.91. The largest absolute Gasteiger partial charge is 0.309 e. The van der Waals surface area contributed by atoms with Crippen LogP contribution in [0, 0.1) is 5.82 Å². The van der Waals surface area contributed by atoms with Crippen molar-refractivity contribution in [3.8, 4) is 0 Å². The first-order valence-electron chi connectivity index (χ1n) is 9.47. The van der Waals surface area contributed by atoms with Crippen LogP contribution in [0.2, 0.25) is 0 Å². The Labute approximate surface area is 159 Å². The molecule has 1 aliphatic rings. The molecule has 1 aliphatic heterocycles. The molecule has 0 spiro atoms. The number of carbonyl (C=O) groups is 2. The summed E-state index contributed by atoms with van der Waals surface area (Å²) in [4.78, 5) is 28.8. The standard InChI is InChI=1S/C22H25FN2O2/c1-2-22(27)25(17-8-4-3-5-9-17)18-12-14-24(15-13-18)16-21(26)19-10-6-7-11-20(19)23/h3-11,18H,2,12-16H2,1H3. The second-order valence-electron chi connectivity index (χ2n) is 6.86. The first kappa shape index (κ1) is 19.2. The summed E-state index contributed by atoms with van der Waals surface area (Å²) < 4.78 is 13.8. The Morgan fingerprint density at radius 3 is 2.30 bits per heavy atom. The minimum atomic E-state index is -0.471. The molecule has 0 radical (unpaired) electrons. The smallest absolute Gasteiger partial charge is 0.226 e. The highest BCUT2D eigenvalue weighted by Gasteiger charge is 2.29. The van der Waals surface area contributed by atoms with Gasteiger partial charge in [0.1, 0.15) is 5.82 Å². The van der Waals surface area contributed by atoms with Crippen LogP contribution in [0.15, 0.2) is 54.6 Å². The first-order valence-corrected chi connectivity index (χ1v) is 9.47. The molecular weight excluding hydrogens is 343 g/mol. The number of amides is 1. The number of Topliss-reactive ketones (excluding diaryl/α,β-unsaturated/α-hetero) is 1. The molecule has 142 valence electrons. The van der Waals surface area contributed by atoms with Crippen molar-refractivity contribution in [3.05, 3.63) is 66.0 Å². The average molecular weight is 368 g/mol. The van der Waals surface area contributed by atoms with E-state index < -0.39 is 5.82 Å². The van der Waals surface area contributed by atoms with Crippen molar-refractivity contribution in [2.24, 2.45) is 0 Å². The first-order chi connectivity index (χ1) is 13.1. The lowest BCUT2D eigenvalue weighted by Crippen LogP contribution is -2.48. The molecular formula is C22H25FN2O2. The molecule has 0 N–H and O–H groups in total. The van der Waals surface area contributed by atoms with Crippen LogP contribution in [0.3, 0.4) is 0 Å². The van der Waals surface area contributed by atoms with Crippen LogP contribution >= 0.6 is 0 Å². The summed E-state index contributed by atoms with van der Waals surface area (Å²) in [5.74, 6) is -0.556. The summed E-state index contributed by atoms with van der Waals surface area (Å²) >= 11 is 0. The van der Waals surface area contributed by atoms with Gasteiger partial charge in [-0.25, -0.2) is 4.39 Å². The van der Waals surface area contributed by atoms with Crippen molar-refractivity contribution in [1.29, 1.82) is 0 Å². The lowest BCUT2D eigenvalue weighted by atomic mass is 10.0. The summed E-state index contributed by atoms with van der Waals surface area (Å²) in [6, 6.07) is 16.0. The molecule has 1 heterocycles. The van der Waals surface area contributed by atoms with Crippen molar-refractivity contribution >= 4 is 17.4 Å². The predicted octanol–water partition coefficient (Wildman–Crippen LogP) is 3.92. The van der Waals surface area contributed by atoms with Crippen molar-refractivity contribution in [2.45, 2.75) is 32.2 Å². The molecule has 0 aromatic heterocycles. The number of halogens is 1. The fraction of sp³-hybridized carbons (Fsp3) is 0.364. The number of anilines is 1. The molecule has 2 aromatic rings. The quantitative estimate of drug-likeness (QED) is 0.726. The Kier molecular flexibility index (Phi) is 6.35. The number of rotatable bonds is 6. The Morgan fingerprint density at radius 1 is 1.04 bits per heavy atom. The van der Waals surface area contributed by atoms with Crippen LogP contribution in [0.1, 0.15) is 36.5 Å². The minimum absolute atomic E-state index is 0.113. The van der Waals surface area contributed by atoms with Gasteiger partial charge in [-0.05, 0) is 37.1 Å². The molecule has 4 nitrogen and oxygen atoms in total. The normalized spacial score (nSPS) is 15.5. The SMILES string of the molecule is CCC(=O)N(c1ccccc1)C1CCN(CC(=O)c2ccccc2F)CC1. The van der Waals surface area contributed by atoms with Crippen molar-refractivity contribution < 1.29 is 14.0 Å². The fourth-order valence-electron chi connectivity index (χ4n) is 3.63. The van der Waals surface area contributed by atoms with E-state index in [1.165, 1.54) is 12.1 Å². The third kappa shape index (κ3) is 4.61. The van der Waals surface area contributed by atoms with Gasteiger partial charge in [-0.1, -0.05) is 37.3 Å². The van der Waals surface area contributed by atoms with Crippen LogP contribution in [0.5, 0.6) is 0 Å². The zero-order chi connectivity index (χ0) is 19.2. The molecule has 0 bridgehead atoms. The van der Waals surface area contributed by atoms with Gasteiger partial charge in [-0.3, -0.25) is 14.5 Å². The summed E-state index contributed by atoms with van der Waals surface area (Å²) in [5.41, 5.74) is 1.07. The maximum absolute atomic E-state index is 13.8. The number of piperidine rings is 1. The third-order valence-corrected chi connectivity index (χ3v) is 5.07. The molecule has 0 saturated carbocycles. The number of likely N-dealkylation sites (tertiary alicyclic amines) is 1. The lowest BCUT2D eigenvalue weighted by Gasteiger charge is -2.38. The van der Waals surface area contributed by atoms with E-state index in [-0.39, 0.29) is 29.8 Å². The molecule has 2 aromatic carbocycles. The summed E-state index contributed by atoms with van der Waals surface area (Å²) in [7, 11) is 0. The number of para-hydroxylation sites is 1. The maximum Gasteiger partial charge on any atom is 0.226 e. The van der Waals surface area contributed by atoms with Gasteiger partial charge in [-0.2, -0.15) is 0 Å². The van der Waals surface area contributed by atoms with Crippen LogP contribution in [0.25, 0.3) is 0 Å². The molecule has 1 amide bonds. The number of benzene rings is 2. The van der Waals surface area contributed by atoms with Crippen molar-refractivity contribution in [2.75, 3.05) is 24.5 Å². The lowest BCUT2D eigenvalue weighted by molar-refractivity contribution is -0.119. The Hall–Kier alpha value is -2.53. The van der Waals surface area contributed by atoms with Crippen LogP contribution < -0.4 is 4.90 Å². The summed E-state index contributed by atoms with van der Waals surface area (Å²) in [5, 5.41) is 0. The van der Waals surface area contributed by atoms with Crippen LogP contribution in [-0.2, 0) is 4.79 Å². The molecule has 5 heteroatoms. The second-order valence-corrected chi connectivity index (χ2v) is 6.86. The Morgan fingerprint density at radius 2 is 1.67 bits per heavy atom. The molecule has 27 heavy (non-hydrogen) atoms. The molecule has 1 saturated heterocycles. The number of hydrogen-bond donors (Lipinski definition) is 0. The number of ketones is 1. The highest BCUT2D eigenvalue weighted by molar-refractivity contribution is 5.98. The van der Waals surface area contributed by atoms with E-state index in [4.69, 9.17) is 0 Å².